The van der Waals surface area contributed by atoms with Crippen LogP contribution in [0, 0.1) is 6.92 Å². The third-order valence-electron chi connectivity index (χ3n) is 1.44. The summed E-state index contributed by atoms with van der Waals surface area (Å²) < 4.78 is 0. The van der Waals surface area contributed by atoms with E-state index in [0.717, 1.165) is 5.56 Å². The van der Waals surface area contributed by atoms with Crippen molar-refractivity contribution in [1.29, 1.82) is 0 Å². The van der Waals surface area contributed by atoms with E-state index in [-0.39, 0.29) is 5.91 Å². The summed E-state index contributed by atoms with van der Waals surface area (Å²) in [5.74, 6) is 0.0694. The van der Waals surface area contributed by atoms with E-state index in [1.165, 1.54) is 12.3 Å². The summed E-state index contributed by atoms with van der Waals surface area (Å²) >= 11 is 0. The highest BCUT2D eigenvalue weighted by Crippen LogP contribution is 2.08. The van der Waals surface area contributed by atoms with Crippen LogP contribution in [0.3, 0.4) is 0 Å². The van der Waals surface area contributed by atoms with Gasteiger partial charge in [-0.05, 0) is 24.6 Å². The predicted molar refractivity (Wildman–Crippen MR) is 51.8 cm³/mol. The highest BCUT2D eigenvalue weighted by molar-refractivity contribution is 5.89. The lowest BCUT2D eigenvalue weighted by atomic mass is 10.2. The first-order valence-electron chi connectivity index (χ1n) is 4.05. The number of nitrogens with zero attached hydrogens (tertiary/aromatic N) is 2. The highest BCUT2D eigenvalue weighted by atomic mass is 16.3. The van der Waals surface area contributed by atoms with Crippen molar-refractivity contribution >= 4 is 5.91 Å². The first kappa shape index (κ1) is 10.1. The van der Waals surface area contributed by atoms with Gasteiger partial charge in [0.2, 0.25) is 0 Å². The van der Waals surface area contributed by atoms with E-state index in [1.807, 2.05) is 19.1 Å². The zero-order valence-electron chi connectivity index (χ0n) is 7.71. The van der Waals surface area contributed by atoms with Gasteiger partial charge in [0.25, 0.3) is 5.91 Å². The lowest BCUT2D eigenvalue weighted by Gasteiger charge is -1.89. The van der Waals surface area contributed by atoms with Crippen LogP contribution >= 0.6 is 0 Å². The number of aromatic hydroxyl groups is 1. The maximum absolute atomic E-state index is 9.90. The molecule has 1 amide bonds. The average Bonchev–Trinajstić information content (AvgIpc) is 2.56. The molecule has 0 aliphatic carbocycles. The summed E-state index contributed by atoms with van der Waals surface area (Å²) in [5.41, 5.74) is 1.09. The summed E-state index contributed by atoms with van der Waals surface area (Å²) in [7, 11) is 0. The summed E-state index contributed by atoms with van der Waals surface area (Å²) in [6.07, 6.45) is 2.67. The number of hydrogen-bond acceptors (Lipinski definition) is 3. The van der Waals surface area contributed by atoms with Crippen molar-refractivity contribution in [1.82, 2.24) is 0 Å². The number of amides is 1. The SMILES string of the molecule is Cc1cccc(O)c1.O=C1C=CN=N1. The van der Waals surface area contributed by atoms with Gasteiger partial charge in [0, 0.05) is 6.08 Å². The molecule has 0 atom stereocenters. The number of phenolic OH excluding ortho intramolecular Hbond substituents is 1. The van der Waals surface area contributed by atoms with Crippen molar-refractivity contribution in [3.05, 3.63) is 42.1 Å². The minimum Gasteiger partial charge on any atom is -0.508 e. The molecule has 1 aromatic rings. The molecule has 0 unspecified atom stereocenters. The number of benzene rings is 1. The third kappa shape index (κ3) is 3.62. The van der Waals surface area contributed by atoms with Gasteiger partial charge in [-0.15, -0.1) is 5.11 Å². The molecule has 72 valence electrons. The molecule has 0 fully saturated rings. The van der Waals surface area contributed by atoms with Crippen LogP contribution < -0.4 is 0 Å². The molecular formula is C10H10N2O2. The lowest BCUT2D eigenvalue weighted by molar-refractivity contribution is -0.113. The van der Waals surface area contributed by atoms with E-state index >= 15 is 0 Å². The number of phenols is 1. The van der Waals surface area contributed by atoms with E-state index in [4.69, 9.17) is 5.11 Å². The zero-order chi connectivity index (χ0) is 10.4. The monoisotopic (exact) mass is 190 g/mol. The van der Waals surface area contributed by atoms with Crippen LogP contribution in [0.4, 0.5) is 0 Å². The number of rotatable bonds is 0. The van der Waals surface area contributed by atoms with E-state index in [2.05, 4.69) is 10.2 Å². The fourth-order valence-electron chi connectivity index (χ4n) is 0.849. The van der Waals surface area contributed by atoms with Crippen LogP contribution in [-0.4, -0.2) is 11.0 Å². The van der Waals surface area contributed by atoms with E-state index in [1.54, 1.807) is 12.1 Å². The molecule has 1 aliphatic heterocycles. The van der Waals surface area contributed by atoms with Crippen molar-refractivity contribution < 1.29 is 9.90 Å². The largest absolute Gasteiger partial charge is 0.508 e. The Kier molecular flexibility index (Phi) is 3.55. The first-order chi connectivity index (χ1) is 6.68. The van der Waals surface area contributed by atoms with Gasteiger partial charge in [-0.1, -0.05) is 12.1 Å². The molecule has 0 saturated heterocycles. The van der Waals surface area contributed by atoms with Gasteiger partial charge in [-0.2, -0.15) is 5.11 Å². The number of azo groups is 1. The summed E-state index contributed by atoms with van der Waals surface area (Å²) in [6, 6.07) is 7.15. The minimum absolute atomic E-state index is 0.269. The smallest absolute Gasteiger partial charge is 0.289 e. The van der Waals surface area contributed by atoms with Crippen LogP contribution in [0.25, 0.3) is 0 Å². The molecule has 4 nitrogen and oxygen atoms in total. The van der Waals surface area contributed by atoms with Crippen LogP contribution in [0.1, 0.15) is 5.56 Å². The fraction of sp³-hybridized carbons (Fsp3) is 0.100. The Balaban J connectivity index is 0.000000146. The average molecular weight is 190 g/mol. The Morgan fingerprint density at radius 3 is 2.43 bits per heavy atom. The molecule has 0 aromatic heterocycles. The summed E-state index contributed by atoms with van der Waals surface area (Å²) in [6.45, 7) is 1.94. The Bertz CT molecular complexity index is 352. The number of aryl methyl sites for hydroxylation is 1. The Morgan fingerprint density at radius 2 is 2.14 bits per heavy atom. The highest BCUT2D eigenvalue weighted by Gasteiger charge is 1.92. The summed E-state index contributed by atoms with van der Waals surface area (Å²) in [4.78, 5) is 9.90. The fourth-order valence-corrected chi connectivity index (χ4v) is 0.849. The molecule has 0 radical (unpaired) electrons. The first-order valence-corrected chi connectivity index (χ1v) is 4.05. The van der Waals surface area contributed by atoms with Crippen molar-refractivity contribution in [3.8, 4) is 5.75 Å². The standard InChI is InChI=1S/C7H8O.C3H2N2O/c1-6-3-2-4-7(8)5-6;6-3-1-2-4-5-3/h2-5,8H,1H3;1-2H. The van der Waals surface area contributed by atoms with E-state index in [9.17, 15) is 4.79 Å². The molecule has 4 heteroatoms. The Morgan fingerprint density at radius 1 is 1.36 bits per heavy atom. The van der Waals surface area contributed by atoms with Gasteiger partial charge >= 0.3 is 0 Å². The van der Waals surface area contributed by atoms with Gasteiger partial charge in [-0.25, -0.2) is 0 Å². The third-order valence-corrected chi connectivity index (χ3v) is 1.44. The molecule has 1 heterocycles. The number of carbonyl (C=O) groups is 1. The summed E-state index contributed by atoms with van der Waals surface area (Å²) in [5, 5.41) is 15.2. The van der Waals surface area contributed by atoms with E-state index < -0.39 is 0 Å². The van der Waals surface area contributed by atoms with Crippen molar-refractivity contribution in [2.45, 2.75) is 6.92 Å². The second kappa shape index (κ2) is 4.91. The second-order valence-corrected chi connectivity index (χ2v) is 2.71. The van der Waals surface area contributed by atoms with Crippen LogP contribution in [0.5, 0.6) is 5.75 Å². The quantitative estimate of drug-likeness (QED) is 0.681. The Labute approximate surface area is 81.6 Å². The molecule has 1 N–H and O–H groups in total. The minimum atomic E-state index is -0.269. The van der Waals surface area contributed by atoms with Gasteiger partial charge in [0.15, 0.2) is 0 Å². The van der Waals surface area contributed by atoms with E-state index in [0.29, 0.717) is 5.75 Å². The van der Waals surface area contributed by atoms with Crippen LogP contribution in [-0.2, 0) is 4.79 Å². The molecule has 1 aromatic carbocycles. The van der Waals surface area contributed by atoms with Gasteiger partial charge in [0.05, 0.1) is 6.20 Å². The van der Waals surface area contributed by atoms with Crippen molar-refractivity contribution in [2.24, 2.45) is 10.2 Å². The molecule has 0 saturated carbocycles. The molecule has 2 rings (SSSR count). The van der Waals surface area contributed by atoms with Crippen LogP contribution in [0.15, 0.2) is 46.8 Å². The Hall–Kier alpha value is -1.97. The topological polar surface area (TPSA) is 62.0 Å². The van der Waals surface area contributed by atoms with Gasteiger partial charge in [-0.3, -0.25) is 4.79 Å². The normalized spacial score (nSPS) is 12.5. The van der Waals surface area contributed by atoms with Gasteiger partial charge in [0.1, 0.15) is 5.75 Å². The van der Waals surface area contributed by atoms with Crippen molar-refractivity contribution in [2.75, 3.05) is 0 Å². The molecule has 0 spiro atoms. The maximum atomic E-state index is 9.90. The molecular weight excluding hydrogens is 180 g/mol. The van der Waals surface area contributed by atoms with Gasteiger partial charge < -0.3 is 5.11 Å². The zero-order valence-corrected chi connectivity index (χ0v) is 7.71. The second-order valence-electron chi connectivity index (χ2n) is 2.71. The molecule has 14 heavy (non-hydrogen) atoms. The lowest BCUT2D eigenvalue weighted by Crippen LogP contribution is -1.74. The maximum Gasteiger partial charge on any atom is 0.289 e. The molecule has 0 bridgehead atoms. The van der Waals surface area contributed by atoms with Crippen LogP contribution in [0.2, 0.25) is 0 Å². The molecule has 1 aliphatic rings. The van der Waals surface area contributed by atoms with Crippen molar-refractivity contribution in [3.63, 3.8) is 0 Å². The number of carbonyl (C=O) groups excluding carboxylic acids is 1. The predicted octanol–water partition coefficient (Wildman–Crippen LogP) is 2.19. The number of hydrogen-bond donors (Lipinski definition) is 1.